The van der Waals surface area contributed by atoms with E-state index in [0.717, 1.165) is 0 Å². The smallest absolute Gasteiger partial charge is 0.242 e. The highest BCUT2D eigenvalue weighted by Gasteiger charge is 2.33. The number of halogens is 1. The van der Waals surface area contributed by atoms with E-state index in [1.54, 1.807) is 0 Å². The monoisotopic (exact) mass is 304 g/mol. The summed E-state index contributed by atoms with van der Waals surface area (Å²) in [7, 11) is -3.60. The van der Waals surface area contributed by atoms with E-state index in [-0.39, 0.29) is 22.7 Å². The average Bonchev–Trinajstić information content (AvgIpc) is 2.25. The van der Waals surface area contributed by atoms with Crippen molar-refractivity contribution in [2.24, 2.45) is 0 Å². The van der Waals surface area contributed by atoms with Crippen LogP contribution in [0, 0.1) is 0 Å². The van der Waals surface area contributed by atoms with Crippen molar-refractivity contribution in [1.82, 2.24) is 4.72 Å². The number of nitrogens with two attached hydrogens (primary N) is 1. The molecule has 1 aliphatic carbocycles. The molecule has 1 saturated carbocycles. The van der Waals surface area contributed by atoms with Crippen molar-refractivity contribution in [2.45, 2.75) is 36.8 Å². The second kappa shape index (κ2) is 5.66. The van der Waals surface area contributed by atoms with Gasteiger partial charge in [-0.05, 0) is 38.0 Å². The van der Waals surface area contributed by atoms with Gasteiger partial charge in [0.15, 0.2) is 0 Å². The second-order valence-corrected chi connectivity index (χ2v) is 6.67. The SMILES string of the molecule is CCOC1CC(NS(=O)(=O)c2ccc(Cl)cc2N)C1. The van der Waals surface area contributed by atoms with Gasteiger partial charge in [0.25, 0.3) is 0 Å². The third-order valence-electron chi connectivity index (χ3n) is 3.08. The molecular formula is C12H17ClN2O3S. The number of anilines is 1. The van der Waals surface area contributed by atoms with Crippen LogP contribution in [0.1, 0.15) is 19.8 Å². The Balaban J connectivity index is 2.03. The first-order valence-corrected chi connectivity index (χ1v) is 7.97. The van der Waals surface area contributed by atoms with E-state index in [0.29, 0.717) is 24.5 Å². The van der Waals surface area contributed by atoms with Crippen LogP contribution in [0.2, 0.25) is 5.02 Å². The van der Waals surface area contributed by atoms with Crippen LogP contribution in [-0.2, 0) is 14.8 Å². The zero-order chi connectivity index (χ0) is 14.0. The molecule has 0 bridgehead atoms. The quantitative estimate of drug-likeness (QED) is 0.812. The highest BCUT2D eigenvalue weighted by Crippen LogP contribution is 2.27. The number of benzene rings is 1. The molecule has 0 amide bonds. The Bertz CT molecular complexity index is 556. The van der Waals surface area contributed by atoms with Crippen LogP contribution in [0.3, 0.4) is 0 Å². The van der Waals surface area contributed by atoms with E-state index >= 15 is 0 Å². The molecule has 0 unspecified atom stereocenters. The molecule has 2 rings (SSSR count). The molecule has 0 saturated heterocycles. The molecule has 0 atom stereocenters. The molecule has 1 fully saturated rings. The minimum absolute atomic E-state index is 0.0664. The van der Waals surface area contributed by atoms with E-state index in [1.165, 1.54) is 18.2 Å². The topological polar surface area (TPSA) is 81.4 Å². The predicted molar refractivity (Wildman–Crippen MR) is 74.6 cm³/mol. The molecule has 0 radical (unpaired) electrons. The number of sulfonamides is 1. The first-order chi connectivity index (χ1) is 8.92. The van der Waals surface area contributed by atoms with Crippen molar-refractivity contribution < 1.29 is 13.2 Å². The Labute approximate surface area is 118 Å². The van der Waals surface area contributed by atoms with E-state index in [1.807, 2.05) is 6.92 Å². The molecule has 1 aromatic rings. The van der Waals surface area contributed by atoms with Gasteiger partial charge in [0.1, 0.15) is 4.90 Å². The lowest BCUT2D eigenvalue weighted by molar-refractivity contribution is -0.00475. The molecule has 19 heavy (non-hydrogen) atoms. The van der Waals surface area contributed by atoms with Crippen LogP contribution in [0.25, 0.3) is 0 Å². The maximum absolute atomic E-state index is 12.2. The summed E-state index contributed by atoms with van der Waals surface area (Å²) in [6.07, 6.45) is 1.54. The van der Waals surface area contributed by atoms with Crippen LogP contribution in [-0.4, -0.2) is 27.2 Å². The van der Waals surface area contributed by atoms with Gasteiger partial charge >= 0.3 is 0 Å². The number of hydrogen-bond donors (Lipinski definition) is 2. The Kier molecular flexibility index (Phi) is 4.35. The van der Waals surface area contributed by atoms with E-state index in [9.17, 15) is 8.42 Å². The van der Waals surface area contributed by atoms with Crippen LogP contribution >= 0.6 is 11.6 Å². The third-order valence-corrected chi connectivity index (χ3v) is 4.91. The minimum Gasteiger partial charge on any atom is -0.398 e. The number of rotatable bonds is 5. The largest absolute Gasteiger partial charge is 0.398 e. The van der Waals surface area contributed by atoms with Gasteiger partial charge in [-0.1, -0.05) is 11.6 Å². The summed E-state index contributed by atoms with van der Waals surface area (Å²) in [5.74, 6) is 0. The zero-order valence-corrected chi connectivity index (χ0v) is 12.2. The lowest BCUT2D eigenvalue weighted by atomic mass is 9.90. The summed E-state index contributed by atoms with van der Waals surface area (Å²) in [5.41, 5.74) is 5.84. The first-order valence-electron chi connectivity index (χ1n) is 6.11. The fraction of sp³-hybridized carbons (Fsp3) is 0.500. The van der Waals surface area contributed by atoms with E-state index < -0.39 is 10.0 Å². The lowest BCUT2D eigenvalue weighted by Crippen LogP contribution is -2.47. The Morgan fingerprint density at radius 1 is 1.47 bits per heavy atom. The highest BCUT2D eigenvalue weighted by molar-refractivity contribution is 7.89. The number of hydrogen-bond acceptors (Lipinski definition) is 4. The van der Waals surface area contributed by atoms with Gasteiger partial charge in [0.2, 0.25) is 10.0 Å². The average molecular weight is 305 g/mol. The van der Waals surface area contributed by atoms with Crippen molar-refractivity contribution in [3.8, 4) is 0 Å². The van der Waals surface area contributed by atoms with Gasteiger partial charge in [-0.3, -0.25) is 0 Å². The molecule has 1 aliphatic rings. The van der Waals surface area contributed by atoms with Gasteiger partial charge in [-0.15, -0.1) is 0 Å². The van der Waals surface area contributed by atoms with E-state index in [4.69, 9.17) is 22.1 Å². The molecule has 5 nitrogen and oxygen atoms in total. The number of nitrogens with one attached hydrogen (secondary N) is 1. The van der Waals surface area contributed by atoms with Crippen LogP contribution in [0.15, 0.2) is 23.1 Å². The number of nitrogen functional groups attached to an aromatic ring is 1. The second-order valence-electron chi connectivity index (χ2n) is 4.55. The van der Waals surface area contributed by atoms with Gasteiger partial charge in [-0.25, -0.2) is 13.1 Å². The maximum atomic E-state index is 12.2. The molecule has 0 spiro atoms. The van der Waals surface area contributed by atoms with Gasteiger partial charge < -0.3 is 10.5 Å². The van der Waals surface area contributed by atoms with Crippen molar-refractivity contribution in [1.29, 1.82) is 0 Å². The molecule has 0 aliphatic heterocycles. The van der Waals surface area contributed by atoms with Gasteiger partial charge in [0.05, 0.1) is 11.8 Å². The molecule has 1 aromatic carbocycles. The summed E-state index contributed by atoms with van der Waals surface area (Å²) in [6.45, 7) is 2.57. The van der Waals surface area contributed by atoms with Crippen LogP contribution in [0.4, 0.5) is 5.69 Å². The Morgan fingerprint density at radius 3 is 2.74 bits per heavy atom. The van der Waals surface area contributed by atoms with Gasteiger partial charge in [-0.2, -0.15) is 0 Å². The molecular weight excluding hydrogens is 288 g/mol. The summed E-state index contributed by atoms with van der Waals surface area (Å²) in [6, 6.07) is 4.27. The fourth-order valence-corrected chi connectivity index (χ4v) is 3.64. The van der Waals surface area contributed by atoms with Crippen LogP contribution in [0.5, 0.6) is 0 Å². The molecule has 7 heteroatoms. The number of ether oxygens (including phenoxy) is 1. The molecule has 0 heterocycles. The minimum atomic E-state index is -3.60. The maximum Gasteiger partial charge on any atom is 0.242 e. The van der Waals surface area contributed by atoms with Crippen molar-refractivity contribution in [3.63, 3.8) is 0 Å². The highest BCUT2D eigenvalue weighted by atomic mass is 35.5. The first kappa shape index (κ1) is 14.6. The summed E-state index contributed by atoms with van der Waals surface area (Å²) >= 11 is 5.75. The molecule has 106 valence electrons. The van der Waals surface area contributed by atoms with Crippen molar-refractivity contribution >= 4 is 27.3 Å². The summed E-state index contributed by atoms with van der Waals surface area (Å²) < 4.78 is 32.3. The zero-order valence-electron chi connectivity index (χ0n) is 10.6. The predicted octanol–water partition coefficient (Wildman–Crippen LogP) is 1.77. The van der Waals surface area contributed by atoms with Crippen molar-refractivity contribution in [2.75, 3.05) is 12.3 Å². The third kappa shape index (κ3) is 3.39. The Hall–Kier alpha value is -0.820. The van der Waals surface area contributed by atoms with Crippen LogP contribution < -0.4 is 10.5 Å². The van der Waals surface area contributed by atoms with Gasteiger partial charge in [0, 0.05) is 17.7 Å². The molecule has 3 N–H and O–H groups in total. The standard InChI is InChI=1S/C12H17ClN2O3S/c1-2-18-10-6-9(7-10)15-19(16,17)12-4-3-8(13)5-11(12)14/h3-5,9-10,15H,2,6-7,14H2,1H3. The Morgan fingerprint density at radius 2 is 2.16 bits per heavy atom. The fourth-order valence-electron chi connectivity index (χ4n) is 2.08. The normalized spacial score (nSPS) is 23.1. The summed E-state index contributed by atoms with van der Waals surface area (Å²) in [5, 5.41) is 0.413. The molecule has 0 aromatic heterocycles. The summed E-state index contributed by atoms with van der Waals surface area (Å²) in [4.78, 5) is 0.0664. The van der Waals surface area contributed by atoms with E-state index in [2.05, 4.69) is 4.72 Å². The van der Waals surface area contributed by atoms with Crippen molar-refractivity contribution in [3.05, 3.63) is 23.2 Å². The lowest BCUT2D eigenvalue weighted by Gasteiger charge is -2.35.